The summed E-state index contributed by atoms with van der Waals surface area (Å²) in [6, 6.07) is 6.20. The number of carbonyl (C=O) groups is 3. The summed E-state index contributed by atoms with van der Waals surface area (Å²) in [5, 5.41) is 3.19. The van der Waals surface area contributed by atoms with Gasteiger partial charge in [-0.1, -0.05) is 0 Å². The molecule has 1 aromatic carbocycles. The highest BCUT2D eigenvalue weighted by Crippen LogP contribution is 2.26. The fraction of sp³-hybridized carbons (Fsp3) is 0.400. The molecular weight excluding hydrogens is 272 g/mol. The number of anilines is 1. The Hall–Kier alpha value is -2.21. The molecule has 6 nitrogen and oxygen atoms in total. The van der Waals surface area contributed by atoms with Crippen LogP contribution in [0, 0.1) is 0 Å². The quantitative estimate of drug-likeness (QED) is 0.657. The number of esters is 1. The Morgan fingerprint density at radius 1 is 1.24 bits per heavy atom. The molecule has 1 saturated carbocycles. The molecule has 3 rings (SSSR count). The van der Waals surface area contributed by atoms with E-state index in [1.54, 1.807) is 24.3 Å². The highest BCUT2D eigenvalue weighted by atomic mass is 16.5. The molecule has 21 heavy (non-hydrogen) atoms. The van der Waals surface area contributed by atoms with Crippen LogP contribution in [0.2, 0.25) is 0 Å². The Labute approximate surface area is 122 Å². The number of ether oxygens (including phenoxy) is 1. The Bertz CT molecular complexity index is 592. The molecule has 0 aromatic heterocycles. The molecule has 2 amide bonds. The maximum atomic E-state index is 12.3. The smallest absolute Gasteiger partial charge is 0.337 e. The van der Waals surface area contributed by atoms with Crippen molar-refractivity contribution in [2.75, 3.05) is 12.0 Å². The molecule has 1 heterocycles. The molecule has 1 saturated heterocycles. The molecule has 1 aliphatic heterocycles. The van der Waals surface area contributed by atoms with Crippen molar-refractivity contribution in [3.05, 3.63) is 29.8 Å². The van der Waals surface area contributed by atoms with Crippen LogP contribution in [0.15, 0.2) is 24.3 Å². The van der Waals surface area contributed by atoms with Gasteiger partial charge in [-0.3, -0.25) is 9.59 Å². The number of hydrogen-bond donors (Lipinski definition) is 1. The Morgan fingerprint density at radius 3 is 2.48 bits per heavy atom. The second-order valence-electron chi connectivity index (χ2n) is 5.30. The van der Waals surface area contributed by atoms with E-state index in [0.717, 1.165) is 12.8 Å². The van der Waals surface area contributed by atoms with E-state index >= 15 is 0 Å². The van der Waals surface area contributed by atoms with Crippen molar-refractivity contribution in [1.82, 2.24) is 5.32 Å². The van der Waals surface area contributed by atoms with Crippen molar-refractivity contribution >= 4 is 23.5 Å². The van der Waals surface area contributed by atoms with Crippen LogP contribution < -0.4 is 10.2 Å². The highest BCUT2D eigenvalue weighted by molar-refractivity contribution is 6.22. The summed E-state index contributed by atoms with van der Waals surface area (Å²) in [6.07, 6.45) is 2.31. The van der Waals surface area contributed by atoms with Gasteiger partial charge in [0.1, 0.15) is 0 Å². The van der Waals surface area contributed by atoms with E-state index in [4.69, 9.17) is 0 Å². The molecule has 110 valence electrons. The summed E-state index contributed by atoms with van der Waals surface area (Å²) >= 11 is 0. The zero-order valence-corrected chi connectivity index (χ0v) is 11.7. The number of rotatable bonds is 4. The highest BCUT2D eigenvalue weighted by Gasteiger charge is 2.41. The first kappa shape index (κ1) is 13.8. The molecular formula is C15H16N2O4. The number of benzene rings is 1. The lowest BCUT2D eigenvalue weighted by Gasteiger charge is -2.15. The van der Waals surface area contributed by atoms with E-state index in [-0.39, 0.29) is 18.2 Å². The molecule has 0 unspecified atom stereocenters. The minimum Gasteiger partial charge on any atom is -0.465 e. The summed E-state index contributed by atoms with van der Waals surface area (Å²) in [5.74, 6) is -0.893. The molecule has 1 aromatic rings. The topological polar surface area (TPSA) is 75.7 Å². The fourth-order valence-corrected chi connectivity index (χ4v) is 2.43. The van der Waals surface area contributed by atoms with Crippen LogP contribution in [0.3, 0.4) is 0 Å². The van der Waals surface area contributed by atoms with Gasteiger partial charge in [-0.15, -0.1) is 0 Å². The van der Waals surface area contributed by atoms with Gasteiger partial charge in [0.15, 0.2) is 0 Å². The minimum atomic E-state index is -0.450. The molecule has 1 aliphatic carbocycles. The number of nitrogens with zero attached hydrogens (tertiary/aromatic N) is 1. The van der Waals surface area contributed by atoms with Gasteiger partial charge in [0.2, 0.25) is 5.91 Å². The van der Waals surface area contributed by atoms with E-state index < -0.39 is 12.0 Å². The Morgan fingerprint density at radius 2 is 1.90 bits per heavy atom. The van der Waals surface area contributed by atoms with Crippen molar-refractivity contribution < 1.29 is 19.1 Å². The lowest BCUT2D eigenvalue weighted by molar-refractivity contribution is -0.121. The van der Waals surface area contributed by atoms with Crippen molar-refractivity contribution in [1.29, 1.82) is 0 Å². The summed E-state index contributed by atoms with van der Waals surface area (Å²) < 4.78 is 4.62. The zero-order valence-electron chi connectivity index (χ0n) is 11.7. The molecule has 2 aliphatic rings. The van der Waals surface area contributed by atoms with Crippen molar-refractivity contribution in [3.8, 4) is 0 Å². The Kier molecular flexibility index (Phi) is 3.47. The molecule has 6 heteroatoms. The van der Waals surface area contributed by atoms with Gasteiger partial charge < -0.3 is 10.1 Å². The van der Waals surface area contributed by atoms with E-state index in [9.17, 15) is 14.4 Å². The van der Waals surface area contributed by atoms with Gasteiger partial charge >= 0.3 is 5.97 Å². The van der Waals surface area contributed by atoms with Gasteiger partial charge in [0.25, 0.3) is 5.91 Å². The van der Waals surface area contributed by atoms with Crippen LogP contribution in [0.25, 0.3) is 0 Å². The third-order valence-electron chi connectivity index (χ3n) is 3.71. The largest absolute Gasteiger partial charge is 0.465 e. The number of imide groups is 1. The third-order valence-corrected chi connectivity index (χ3v) is 3.71. The average molecular weight is 288 g/mol. The maximum Gasteiger partial charge on any atom is 0.337 e. The monoisotopic (exact) mass is 288 g/mol. The number of methoxy groups -OCH3 is 1. The Balaban J connectivity index is 1.77. The fourth-order valence-electron chi connectivity index (χ4n) is 2.43. The van der Waals surface area contributed by atoms with Gasteiger partial charge in [-0.25, -0.2) is 9.69 Å². The van der Waals surface area contributed by atoms with E-state index in [1.165, 1.54) is 12.0 Å². The SMILES string of the molecule is COC(=O)c1ccc(N2C(=O)C[C@@H](NC3CC3)C2=O)cc1. The first-order valence-electron chi connectivity index (χ1n) is 6.91. The summed E-state index contributed by atoms with van der Waals surface area (Å²) in [7, 11) is 1.30. The van der Waals surface area contributed by atoms with E-state index in [2.05, 4.69) is 10.1 Å². The molecule has 1 N–H and O–H groups in total. The van der Waals surface area contributed by atoms with Crippen LogP contribution in [0.1, 0.15) is 29.6 Å². The van der Waals surface area contributed by atoms with Crippen molar-refractivity contribution in [3.63, 3.8) is 0 Å². The van der Waals surface area contributed by atoms with Gasteiger partial charge in [-0.05, 0) is 37.1 Å². The van der Waals surface area contributed by atoms with Crippen LogP contribution in [-0.4, -0.2) is 37.0 Å². The average Bonchev–Trinajstić information content (AvgIpc) is 3.25. The molecule has 1 atom stereocenters. The summed E-state index contributed by atoms with van der Waals surface area (Å²) in [5.41, 5.74) is 0.866. The summed E-state index contributed by atoms with van der Waals surface area (Å²) in [6.45, 7) is 0. The van der Waals surface area contributed by atoms with E-state index in [1.807, 2.05) is 0 Å². The second kappa shape index (κ2) is 5.29. The lowest BCUT2D eigenvalue weighted by atomic mass is 10.2. The molecule has 0 radical (unpaired) electrons. The van der Waals surface area contributed by atoms with E-state index in [0.29, 0.717) is 17.3 Å². The first-order chi connectivity index (χ1) is 10.1. The van der Waals surface area contributed by atoms with Crippen molar-refractivity contribution in [2.24, 2.45) is 0 Å². The van der Waals surface area contributed by atoms with Crippen LogP contribution in [0.4, 0.5) is 5.69 Å². The third kappa shape index (κ3) is 2.67. The predicted octanol–water partition coefficient (Wildman–Crippen LogP) is 0.857. The number of amides is 2. The van der Waals surface area contributed by atoms with Crippen LogP contribution >= 0.6 is 0 Å². The normalized spacial score (nSPS) is 21.8. The number of nitrogens with one attached hydrogen (secondary N) is 1. The van der Waals surface area contributed by atoms with Gasteiger partial charge in [0, 0.05) is 6.04 Å². The molecule has 0 spiro atoms. The standard InChI is InChI=1S/C15H16N2O4/c1-21-15(20)9-2-6-11(7-3-9)17-13(18)8-12(14(17)19)16-10-4-5-10/h2-3,6-7,10,12,16H,4-5,8H2,1H3/t12-/m1/s1. The second-order valence-corrected chi connectivity index (χ2v) is 5.30. The van der Waals surface area contributed by atoms with Gasteiger partial charge in [0.05, 0.1) is 30.8 Å². The summed E-state index contributed by atoms with van der Waals surface area (Å²) in [4.78, 5) is 36.9. The first-order valence-corrected chi connectivity index (χ1v) is 6.91. The number of hydrogen-bond acceptors (Lipinski definition) is 5. The molecule has 2 fully saturated rings. The zero-order chi connectivity index (χ0) is 15.0. The molecule has 0 bridgehead atoms. The lowest BCUT2D eigenvalue weighted by Crippen LogP contribution is -2.39. The van der Waals surface area contributed by atoms with Gasteiger partial charge in [-0.2, -0.15) is 0 Å². The van der Waals surface area contributed by atoms with Crippen LogP contribution in [0.5, 0.6) is 0 Å². The minimum absolute atomic E-state index is 0.189. The maximum absolute atomic E-state index is 12.3. The number of carbonyl (C=O) groups excluding carboxylic acids is 3. The predicted molar refractivity (Wildman–Crippen MR) is 74.8 cm³/mol. The van der Waals surface area contributed by atoms with Crippen molar-refractivity contribution in [2.45, 2.75) is 31.3 Å². The van der Waals surface area contributed by atoms with Crippen LogP contribution in [-0.2, 0) is 14.3 Å².